The van der Waals surface area contributed by atoms with Crippen molar-refractivity contribution in [2.45, 2.75) is 57.2 Å². The third kappa shape index (κ3) is 5.36. The summed E-state index contributed by atoms with van der Waals surface area (Å²) in [6.07, 6.45) is 5.44. The minimum absolute atomic E-state index is 0. The van der Waals surface area contributed by atoms with Gasteiger partial charge in [0.2, 0.25) is 5.91 Å². The van der Waals surface area contributed by atoms with Crippen molar-refractivity contribution in [3.63, 3.8) is 0 Å². The first kappa shape index (κ1) is 19.5. The second-order valence-corrected chi connectivity index (χ2v) is 7.70. The van der Waals surface area contributed by atoms with Crippen LogP contribution in [0.1, 0.15) is 39.0 Å². The zero-order valence-corrected chi connectivity index (χ0v) is 16.4. The number of ether oxygens (including phenoxy) is 1. The van der Waals surface area contributed by atoms with Crippen LogP contribution in [0.5, 0.6) is 5.75 Å². The second kappa shape index (κ2) is 9.07. The molecule has 2 heterocycles. The number of halogens is 2. The van der Waals surface area contributed by atoms with E-state index < -0.39 is 0 Å². The fourth-order valence-corrected chi connectivity index (χ4v) is 4.11. The molecule has 3 rings (SSSR count). The SMILES string of the molecule is CC(CNC(=O)CC1CC2CCC(C1)N2)Oc1ccccc1Br.Cl. The average molecular weight is 418 g/mol. The first-order valence-corrected chi connectivity index (χ1v) is 9.33. The lowest BCUT2D eigenvalue weighted by molar-refractivity contribution is -0.122. The van der Waals surface area contributed by atoms with Gasteiger partial charge in [0.15, 0.2) is 0 Å². The van der Waals surface area contributed by atoms with Gasteiger partial charge in [-0.25, -0.2) is 0 Å². The lowest BCUT2D eigenvalue weighted by Crippen LogP contribution is -2.40. The highest BCUT2D eigenvalue weighted by Gasteiger charge is 2.34. The van der Waals surface area contributed by atoms with Crippen molar-refractivity contribution < 1.29 is 9.53 Å². The maximum absolute atomic E-state index is 12.2. The lowest BCUT2D eigenvalue weighted by Gasteiger charge is -2.28. The molecule has 1 aromatic rings. The van der Waals surface area contributed by atoms with Crippen molar-refractivity contribution in [1.82, 2.24) is 10.6 Å². The van der Waals surface area contributed by atoms with E-state index in [2.05, 4.69) is 26.6 Å². The number of hydrogen-bond acceptors (Lipinski definition) is 3. The molecule has 3 unspecified atom stereocenters. The Morgan fingerprint density at radius 1 is 1.33 bits per heavy atom. The van der Waals surface area contributed by atoms with E-state index in [4.69, 9.17) is 4.74 Å². The molecule has 2 aliphatic heterocycles. The summed E-state index contributed by atoms with van der Waals surface area (Å²) >= 11 is 3.47. The Kier molecular flexibility index (Phi) is 7.38. The van der Waals surface area contributed by atoms with Crippen molar-refractivity contribution in [3.8, 4) is 5.75 Å². The summed E-state index contributed by atoms with van der Waals surface area (Å²) in [5.41, 5.74) is 0. The Morgan fingerprint density at radius 3 is 2.67 bits per heavy atom. The number of para-hydroxylation sites is 1. The fraction of sp³-hybridized carbons (Fsp3) is 0.611. The normalized spacial score (nSPS) is 26.3. The quantitative estimate of drug-likeness (QED) is 0.742. The molecule has 0 saturated carbocycles. The van der Waals surface area contributed by atoms with Crippen LogP contribution < -0.4 is 15.4 Å². The molecule has 24 heavy (non-hydrogen) atoms. The Bertz CT molecular complexity index is 546. The number of piperidine rings is 1. The van der Waals surface area contributed by atoms with Crippen LogP contribution in [0.15, 0.2) is 28.7 Å². The minimum Gasteiger partial charge on any atom is -0.488 e. The molecule has 0 radical (unpaired) electrons. The number of carbonyl (C=O) groups excluding carboxylic acids is 1. The summed E-state index contributed by atoms with van der Waals surface area (Å²) in [7, 11) is 0. The highest BCUT2D eigenvalue weighted by molar-refractivity contribution is 9.10. The van der Waals surface area contributed by atoms with Gasteiger partial charge in [-0.05, 0) is 66.6 Å². The summed E-state index contributed by atoms with van der Waals surface area (Å²) in [5.74, 6) is 1.50. The number of carbonyl (C=O) groups is 1. The molecular weight excluding hydrogens is 392 g/mol. The molecular formula is C18H26BrClN2O2. The van der Waals surface area contributed by atoms with Gasteiger partial charge in [-0.1, -0.05) is 12.1 Å². The zero-order valence-electron chi connectivity index (χ0n) is 14.0. The summed E-state index contributed by atoms with van der Waals surface area (Å²) in [4.78, 5) is 12.2. The van der Waals surface area contributed by atoms with E-state index in [9.17, 15) is 4.79 Å². The molecule has 2 bridgehead atoms. The molecule has 0 aromatic heterocycles. The first-order chi connectivity index (χ1) is 11.1. The van der Waals surface area contributed by atoms with Crippen LogP contribution >= 0.6 is 28.3 Å². The zero-order chi connectivity index (χ0) is 16.2. The molecule has 0 spiro atoms. The van der Waals surface area contributed by atoms with Crippen LogP contribution in [0, 0.1) is 5.92 Å². The topological polar surface area (TPSA) is 50.4 Å². The van der Waals surface area contributed by atoms with Gasteiger partial charge in [0.25, 0.3) is 0 Å². The summed E-state index contributed by atoms with van der Waals surface area (Å²) in [5, 5.41) is 6.64. The van der Waals surface area contributed by atoms with Crippen LogP contribution in [0.2, 0.25) is 0 Å². The van der Waals surface area contributed by atoms with Crippen LogP contribution in [-0.2, 0) is 4.79 Å². The van der Waals surface area contributed by atoms with Gasteiger partial charge in [0.1, 0.15) is 11.9 Å². The molecule has 6 heteroatoms. The summed E-state index contributed by atoms with van der Waals surface area (Å²) in [6, 6.07) is 9.06. The molecule has 3 atom stereocenters. The van der Waals surface area contributed by atoms with Crippen molar-refractivity contribution in [2.75, 3.05) is 6.54 Å². The molecule has 1 amide bonds. The summed E-state index contributed by atoms with van der Waals surface area (Å²) < 4.78 is 6.79. The van der Waals surface area contributed by atoms with Crippen molar-refractivity contribution in [2.24, 2.45) is 5.92 Å². The van der Waals surface area contributed by atoms with Gasteiger partial charge in [0.05, 0.1) is 11.0 Å². The number of rotatable bonds is 6. The predicted octanol–water partition coefficient (Wildman–Crippen LogP) is 3.68. The van der Waals surface area contributed by atoms with Gasteiger partial charge in [-0.15, -0.1) is 12.4 Å². The highest BCUT2D eigenvalue weighted by Crippen LogP contribution is 2.32. The van der Waals surface area contributed by atoms with Gasteiger partial charge >= 0.3 is 0 Å². The number of nitrogens with one attached hydrogen (secondary N) is 2. The van der Waals surface area contributed by atoms with Crippen LogP contribution in [-0.4, -0.2) is 30.6 Å². The Balaban J connectivity index is 0.00000208. The van der Waals surface area contributed by atoms with Gasteiger partial charge in [-0.2, -0.15) is 0 Å². The van der Waals surface area contributed by atoms with E-state index in [1.165, 1.54) is 12.8 Å². The maximum Gasteiger partial charge on any atom is 0.220 e. The molecule has 2 fully saturated rings. The lowest BCUT2D eigenvalue weighted by atomic mass is 9.89. The largest absolute Gasteiger partial charge is 0.488 e. The monoisotopic (exact) mass is 416 g/mol. The molecule has 4 nitrogen and oxygen atoms in total. The van der Waals surface area contributed by atoms with Crippen molar-refractivity contribution in [3.05, 3.63) is 28.7 Å². The van der Waals surface area contributed by atoms with Gasteiger partial charge in [0, 0.05) is 18.5 Å². The van der Waals surface area contributed by atoms with E-state index >= 15 is 0 Å². The second-order valence-electron chi connectivity index (χ2n) is 6.84. The smallest absolute Gasteiger partial charge is 0.220 e. The highest BCUT2D eigenvalue weighted by atomic mass is 79.9. The average Bonchev–Trinajstić information content (AvgIpc) is 2.86. The molecule has 1 aromatic carbocycles. The molecule has 134 valence electrons. The van der Waals surface area contributed by atoms with Crippen molar-refractivity contribution in [1.29, 1.82) is 0 Å². The minimum atomic E-state index is -0.0538. The maximum atomic E-state index is 12.2. The number of fused-ring (bicyclic) bond motifs is 2. The van der Waals surface area contributed by atoms with E-state index in [0.717, 1.165) is 23.1 Å². The standard InChI is InChI=1S/C18H25BrN2O2.ClH/c1-12(23-17-5-3-2-4-16(17)19)11-20-18(22)10-13-8-14-6-7-15(9-13)21-14;/h2-5,12-15,21H,6-11H2,1H3,(H,20,22);1H. The summed E-state index contributed by atoms with van der Waals surface area (Å²) in [6.45, 7) is 2.52. The van der Waals surface area contributed by atoms with Crippen LogP contribution in [0.4, 0.5) is 0 Å². The molecule has 2 N–H and O–H groups in total. The van der Waals surface area contributed by atoms with Crippen LogP contribution in [0.25, 0.3) is 0 Å². The van der Waals surface area contributed by atoms with Crippen molar-refractivity contribution >= 4 is 34.2 Å². The Labute approximate surface area is 158 Å². The molecule has 2 saturated heterocycles. The Morgan fingerprint density at radius 2 is 2.00 bits per heavy atom. The third-order valence-electron chi connectivity index (χ3n) is 4.80. The van der Waals surface area contributed by atoms with Crippen LogP contribution in [0.3, 0.4) is 0 Å². The van der Waals surface area contributed by atoms with E-state index in [0.29, 0.717) is 31.0 Å². The number of amides is 1. The predicted molar refractivity (Wildman–Crippen MR) is 102 cm³/mol. The van der Waals surface area contributed by atoms with Gasteiger partial charge in [-0.3, -0.25) is 4.79 Å². The third-order valence-corrected chi connectivity index (χ3v) is 5.45. The van der Waals surface area contributed by atoms with E-state index in [-0.39, 0.29) is 24.4 Å². The Hall–Kier alpha value is -0.780. The number of hydrogen-bond donors (Lipinski definition) is 2. The van der Waals surface area contributed by atoms with E-state index in [1.54, 1.807) is 0 Å². The fourth-order valence-electron chi connectivity index (χ4n) is 3.73. The van der Waals surface area contributed by atoms with Gasteiger partial charge < -0.3 is 15.4 Å². The molecule has 0 aliphatic carbocycles. The molecule has 2 aliphatic rings. The number of benzene rings is 1. The first-order valence-electron chi connectivity index (χ1n) is 8.54. The van der Waals surface area contributed by atoms with E-state index in [1.807, 2.05) is 31.2 Å².